The second kappa shape index (κ2) is 3.92. The highest BCUT2D eigenvalue weighted by atomic mass is 19.4. The largest absolute Gasteiger partial charge is 0.419 e. The fourth-order valence-electron chi connectivity index (χ4n) is 1.78. The summed E-state index contributed by atoms with van der Waals surface area (Å²) in [6, 6.07) is 2.20. The molecule has 1 saturated heterocycles. The van der Waals surface area contributed by atoms with Crippen LogP contribution in [0, 0.1) is 0 Å². The van der Waals surface area contributed by atoms with Gasteiger partial charge in [-0.25, -0.2) is 9.37 Å². The minimum atomic E-state index is -4.45. The standard InChI is InChI=1S/C10H10F4N2/c11-7-3-5-16(6-7)9-8(10(12,13)14)2-1-4-15-9/h1-2,4,7H,3,5-6H2. The molecule has 1 aliphatic rings. The molecule has 2 nitrogen and oxygen atoms in total. The number of alkyl halides is 4. The van der Waals surface area contributed by atoms with Crippen LogP contribution < -0.4 is 4.90 Å². The number of halogens is 4. The van der Waals surface area contributed by atoms with Gasteiger partial charge in [0.15, 0.2) is 0 Å². The number of hydrogen-bond acceptors (Lipinski definition) is 2. The molecule has 1 aromatic rings. The summed E-state index contributed by atoms with van der Waals surface area (Å²) in [6.07, 6.45) is -3.97. The summed E-state index contributed by atoms with van der Waals surface area (Å²) in [5, 5.41) is 0. The highest BCUT2D eigenvalue weighted by molar-refractivity contribution is 5.49. The van der Waals surface area contributed by atoms with Crippen molar-refractivity contribution in [2.24, 2.45) is 0 Å². The molecule has 0 amide bonds. The maximum absolute atomic E-state index is 12.9. The van der Waals surface area contributed by atoms with Gasteiger partial charge in [0.05, 0.1) is 12.1 Å². The third-order valence-corrected chi connectivity index (χ3v) is 2.52. The van der Waals surface area contributed by atoms with Crippen molar-refractivity contribution < 1.29 is 17.6 Å². The molecule has 2 heterocycles. The summed E-state index contributed by atoms with van der Waals surface area (Å²) >= 11 is 0. The zero-order valence-corrected chi connectivity index (χ0v) is 8.34. The van der Waals surface area contributed by atoms with E-state index in [0.717, 1.165) is 6.07 Å². The number of anilines is 1. The van der Waals surface area contributed by atoms with E-state index in [1.807, 2.05) is 0 Å². The molecule has 0 aliphatic carbocycles. The predicted octanol–water partition coefficient (Wildman–Crippen LogP) is 2.65. The van der Waals surface area contributed by atoms with Crippen LogP contribution in [0.5, 0.6) is 0 Å². The number of nitrogens with zero attached hydrogens (tertiary/aromatic N) is 2. The molecule has 0 bridgehead atoms. The van der Waals surface area contributed by atoms with Crippen LogP contribution in [0.25, 0.3) is 0 Å². The highest BCUT2D eigenvalue weighted by Crippen LogP contribution is 2.36. The van der Waals surface area contributed by atoms with Gasteiger partial charge in [-0.05, 0) is 18.6 Å². The topological polar surface area (TPSA) is 16.1 Å². The molecule has 0 N–H and O–H groups in total. The van der Waals surface area contributed by atoms with E-state index in [9.17, 15) is 17.6 Å². The Hall–Kier alpha value is -1.33. The van der Waals surface area contributed by atoms with Crippen molar-refractivity contribution >= 4 is 5.82 Å². The summed E-state index contributed by atoms with van der Waals surface area (Å²) < 4.78 is 50.9. The molecule has 2 rings (SSSR count). The molecular formula is C10H10F4N2. The van der Waals surface area contributed by atoms with Gasteiger partial charge in [0.1, 0.15) is 12.0 Å². The Balaban J connectivity index is 2.34. The maximum atomic E-state index is 12.9. The quantitative estimate of drug-likeness (QED) is 0.694. The molecule has 1 aliphatic heterocycles. The number of hydrogen-bond donors (Lipinski definition) is 0. The van der Waals surface area contributed by atoms with E-state index in [-0.39, 0.29) is 25.3 Å². The first kappa shape index (κ1) is 11.2. The van der Waals surface area contributed by atoms with E-state index in [1.165, 1.54) is 17.2 Å². The zero-order valence-electron chi connectivity index (χ0n) is 8.34. The molecule has 1 fully saturated rings. The molecule has 16 heavy (non-hydrogen) atoms. The fourth-order valence-corrected chi connectivity index (χ4v) is 1.78. The molecule has 0 saturated carbocycles. The first-order valence-corrected chi connectivity index (χ1v) is 4.89. The zero-order chi connectivity index (χ0) is 11.8. The summed E-state index contributed by atoms with van der Waals surface area (Å²) in [4.78, 5) is 5.04. The van der Waals surface area contributed by atoms with Gasteiger partial charge >= 0.3 is 6.18 Å². The molecule has 0 spiro atoms. The Morgan fingerprint density at radius 2 is 2.12 bits per heavy atom. The van der Waals surface area contributed by atoms with Crippen LogP contribution in [0.2, 0.25) is 0 Å². The highest BCUT2D eigenvalue weighted by Gasteiger charge is 2.37. The fraction of sp³-hybridized carbons (Fsp3) is 0.500. The second-order valence-corrected chi connectivity index (χ2v) is 3.70. The summed E-state index contributed by atoms with van der Waals surface area (Å²) in [5.41, 5.74) is -0.802. The van der Waals surface area contributed by atoms with Gasteiger partial charge in [-0.15, -0.1) is 0 Å². The second-order valence-electron chi connectivity index (χ2n) is 3.70. The van der Waals surface area contributed by atoms with Gasteiger partial charge in [-0.3, -0.25) is 0 Å². The van der Waals surface area contributed by atoms with Gasteiger partial charge in [-0.1, -0.05) is 0 Å². The number of aromatic nitrogens is 1. The van der Waals surface area contributed by atoms with Gasteiger partial charge in [0.25, 0.3) is 0 Å². The number of rotatable bonds is 1. The monoisotopic (exact) mass is 234 g/mol. The third kappa shape index (κ3) is 2.10. The lowest BCUT2D eigenvalue weighted by molar-refractivity contribution is -0.137. The number of pyridine rings is 1. The Morgan fingerprint density at radius 3 is 2.69 bits per heavy atom. The molecule has 0 aromatic carbocycles. The minimum absolute atomic E-state index is 0.0138. The predicted molar refractivity (Wildman–Crippen MR) is 51.0 cm³/mol. The SMILES string of the molecule is FC1CCN(c2ncccc2C(F)(F)F)C1. The lowest BCUT2D eigenvalue weighted by Gasteiger charge is -2.20. The van der Waals surface area contributed by atoms with Crippen LogP contribution in [-0.2, 0) is 6.18 Å². The first-order chi connectivity index (χ1) is 7.48. The smallest absolute Gasteiger partial charge is 0.353 e. The third-order valence-electron chi connectivity index (χ3n) is 2.52. The lowest BCUT2D eigenvalue weighted by atomic mass is 10.2. The molecule has 88 valence electrons. The van der Waals surface area contributed by atoms with Crippen LogP contribution in [-0.4, -0.2) is 24.2 Å². The van der Waals surface area contributed by atoms with Gasteiger partial charge in [0, 0.05) is 12.7 Å². The summed E-state index contributed by atoms with van der Waals surface area (Å²) in [6.45, 7) is 0.265. The van der Waals surface area contributed by atoms with E-state index in [4.69, 9.17) is 0 Å². The summed E-state index contributed by atoms with van der Waals surface area (Å²) in [5.74, 6) is -0.171. The van der Waals surface area contributed by atoms with E-state index >= 15 is 0 Å². The van der Waals surface area contributed by atoms with E-state index in [0.29, 0.717) is 0 Å². The molecular weight excluding hydrogens is 224 g/mol. The van der Waals surface area contributed by atoms with Crippen molar-refractivity contribution in [2.75, 3.05) is 18.0 Å². The minimum Gasteiger partial charge on any atom is -0.353 e. The van der Waals surface area contributed by atoms with Crippen molar-refractivity contribution in [2.45, 2.75) is 18.8 Å². The van der Waals surface area contributed by atoms with Crippen LogP contribution in [0.3, 0.4) is 0 Å². The van der Waals surface area contributed by atoms with Gasteiger partial charge in [0.2, 0.25) is 0 Å². The van der Waals surface area contributed by atoms with Crippen LogP contribution in [0.4, 0.5) is 23.4 Å². The first-order valence-electron chi connectivity index (χ1n) is 4.89. The van der Waals surface area contributed by atoms with E-state index < -0.39 is 17.9 Å². The summed E-state index contributed by atoms with van der Waals surface area (Å²) in [7, 11) is 0. The maximum Gasteiger partial charge on any atom is 0.419 e. The molecule has 1 aromatic heterocycles. The average molecular weight is 234 g/mol. The van der Waals surface area contributed by atoms with Crippen LogP contribution >= 0.6 is 0 Å². The Kier molecular flexibility index (Phi) is 2.73. The Bertz CT molecular complexity index is 377. The van der Waals surface area contributed by atoms with Crippen molar-refractivity contribution in [3.63, 3.8) is 0 Å². The molecule has 6 heteroatoms. The average Bonchev–Trinajstić information content (AvgIpc) is 2.64. The van der Waals surface area contributed by atoms with Crippen LogP contribution in [0.1, 0.15) is 12.0 Å². The normalized spacial score (nSPS) is 21.5. The van der Waals surface area contributed by atoms with Crippen molar-refractivity contribution in [3.05, 3.63) is 23.9 Å². The van der Waals surface area contributed by atoms with Crippen molar-refractivity contribution in [1.29, 1.82) is 0 Å². The van der Waals surface area contributed by atoms with Gasteiger partial charge < -0.3 is 4.90 Å². The van der Waals surface area contributed by atoms with Crippen LogP contribution in [0.15, 0.2) is 18.3 Å². The van der Waals surface area contributed by atoms with E-state index in [2.05, 4.69) is 4.98 Å². The van der Waals surface area contributed by atoms with E-state index in [1.54, 1.807) is 0 Å². The Labute approximate surface area is 89.9 Å². The molecule has 1 unspecified atom stereocenters. The molecule has 0 radical (unpaired) electrons. The Morgan fingerprint density at radius 1 is 1.38 bits per heavy atom. The van der Waals surface area contributed by atoms with Gasteiger partial charge in [-0.2, -0.15) is 13.2 Å². The van der Waals surface area contributed by atoms with Crippen molar-refractivity contribution in [3.8, 4) is 0 Å². The molecule has 1 atom stereocenters. The lowest BCUT2D eigenvalue weighted by Crippen LogP contribution is -2.24. The van der Waals surface area contributed by atoms with Crippen molar-refractivity contribution in [1.82, 2.24) is 4.98 Å².